The van der Waals surface area contributed by atoms with Gasteiger partial charge in [0.05, 0.1) is 16.5 Å². The van der Waals surface area contributed by atoms with Crippen molar-refractivity contribution in [2.45, 2.75) is 13.0 Å². The van der Waals surface area contributed by atoms with E-state index in [0.717, 1.165) is 22.6 Å². The van der Waals surface area contributed by atoms with Crippen LogP contribution in [0.25, 0.3) is 5.76 Å². The number of hydrogen-bond acceptors (Lipinski definition) is 5. The quantitative estimate of drug-likeness (QED) is 0.212. The minimum absolute atomic E-state index is 0.205. The van der Waals surface area contributed by atoms with Crippen LogP contribution in [0.15, 0.2) is 78.4 Å². The van der Waals surface area contributed by atoms with Gasteiger partial charge in [0.2, 0.25) is 0 Å². The Morgan fingerprint density at radius 3 is 2.31 bits per heavy atom. The lowest BCUT2D eigenvalue weighted by Gasteiger charge is -2.25. The van der Waals surface area contributed by atoms with Gasteiger partial charge in [0.1, 0.15) is 11.6 Å². The average molecular weight is 432 g/mol. The van der Waals surface area contributed by atoms with Gasteiger partial charge in [0.25, 0.3) is 17.4 Å². The SMILES string of the molecule is Cc1ccc(C(O)=C2C(=O)C(=O)N(c3ccc(F)cc3)C2c2cccc([N+](=O)[O-])c2)cc1. The fourth-order valence-corrected chi connectivity index (χ4v) is 3.69. The number of non-ortho nitro benzene ring substituents is 1. The molecule has 3 aromatic rings. The molecule has 1 atom stereocenters. The highest BCUT2D eigenvalue weighted by atomic mass is 19.1. The van der Waals surface area contributed by atoms with Crippen LogP contribution in [0.2, 0.25) is 0 Å². The van der Waals surface area contributed by atoms with Gasteiger partial charge in [-0.2, -0.15) is 0 Å². The molecule has 1 unspecified atom stereocenters. The molecule has 1 fully saturated rings. The lowest BCUT2D eigenvalue weighted by molar-refractivity contribution is -0.384. The Morgan fingerprint density at radius 2 is 1.69 bits per heavy atom. The Labute approximate surface area is 182 Å². The lowest BCUT2D eigenvalue weighted by atomic mass is 9.94. The van der Waals surface area contributed by atoms with E-state index < -0.39 is 34.2 Å². The topological polar surface area (TPSA) is 101 Å². The zero-order valence-electron chi connectivity index (χ0n) is 16.9. The summed E-state index contributed by atoms with van der Waals surface area (Å²) >= 11 is 0. The molecule has 1 saturated heterocycles. The van der Waals surface area contributed by atoms with E-state index in [-0.39, 0.29) is 22.5 Å². The van der Waals surface area contributed by atoms with Crippen LogP contribution in [-0.2, 0) is 9.59 Å². The summed E-state index contributed by atoms with van der Waals surface area (Å²) in [6, 6.07) is 16.0. The molecule has 1 aliphatic heterocycles. The minimum Gasteiger partial charge on any atom is -0.507 e. The van der Waals surface area contributed by atoms with Crippen molar-refractivity contribution in [3.05, 3.63) is 111 Å². The number of hydrogen-bond donors (Lipinski definition) is 1. The van der Waals surface area contributed by atoms with Crippen LogP contribution < -0.4 is 4.90 Å². The number of carbonyl (C=O) groups is 2. The van der Waals surface area contributed by atoms with Gasteiger partial charge in [-0.1, -0.05) is 42.0 Å². The number of rotatable bonds is 4. The normalized spacial score (nSPS) is 17.6. The molecule has 3 aromatic carbocycles. The summed E-state index contributed by atoms with van der Waals surface area (Å²) in [5.74, 6) is -2.80. The number of nitro benzene ring substituents is 1. The van der Waals surface area contributed by atoms with Crippen molar-refractivity contribution in [3.8, 4) is 0 Å². The largest absolute Gasteiger partial charge is 0.507 e. The minimum atomic E-state index is -1.14. The number of nitrogens with zero attached hydrogens (tertiary/aromatic N) is 2. The molecule has 160 valence electrons. The second-order valence-electron chi connectivity index (χ2n) is 7.36. The number of ketones is 1. The molecule has 0 aromatic heterocycles. The summed E-state index contributed by atoms with van der Waals surface area (Å²) < 4.78 is 13.5. The van der Waals surface area contributed by atoms with Crippen LogP contribution in [-0.4, -0.2) is 21.7 Å². The molecule has 0 saturated carbocycles. The predicted molar refractivity (Wildman–Crippen MR) is 115 cm³/mol. The first-order valence-electron chi connectivity index (χ1n) is 9.66. The average Bonchev–Trinajstić information content (AvgIpc) is 3.05. The van der Waals surface area contributed by atoms with Gasteiger partial charge in [0, 0.05) is 23.4 Å². The van der Waals surface area contributed by atoms with Crippen molar-refractivity contribution >= 4 is 28.8 Å². The number of aliphatic hydroxyl groups excluding tert-OH is 1. The highest BCUT2D eigenvalue weighted by molar-refractivity contribution is 6.51. The van der Waals surface area contributed by atoms with Crippen LogP contribution >= 0.6 is 0 Å². The van der Waals surface area contributed by atoms with Crippen molar-refractivity contribution in [3.63, 3.8) is 0 Å². The number of halogens is 1. The molecule has 4 rings (SSSR count). The fourth-order valence-electron chi connectivity index (χ4n) is 3.69. The summed E-state index contributed by atoms with van der Waals surface area (Å²) in [6.07, 6.45) is 0. The maximum Gasteiger partial charge on any atom is 0.300 e. The van der Waals surface area contributed by atoms with Crippen molar-refractivity contribution < 1.29 is 24.0 Å². The van der Waals surface area contributed by atoms with Crippen LogP contribution in [0.5, 0.6) is 0 Å². The fraction of sp³-hybridized carbons (Fsp3) is 0.0833. The first kappa shape index (κ1) is 20.9. The van der Waals surface area contributed by atoms with E-state index >= 15 is 0 Å². The Hall–Kier alpha value is -4.33. The molecule has 7 nitrogen and oxygen atoms in total. The Morgan fingerprint density at radius 1 is 1.03 bits per heavy atom. The third-order valence-electron chi connectivity index (χ3n) is 5.27. The molecule has 1 amide bonds. The van der Waals surface area contributed by atoms with Gasteiger partial charge < -0.3 is 5.11 Å². The van der Waals surface area contributed by atoms with E-state index in [0.29, 0.717) is 5.56 Å². The van der Waals surface area contributed by atoms with Crippen LogP contribution in [0.3, 0.4) is 0 Å². The number of carbonyl (C=O) groups excluding carboxylic acids is 2. The second kappa shape index (κ2) is 8.07. The van der Waals surface area contributed by atoms with Gasteiger partial charge in [-0.05, 0) is 36.8 Å². The summed E-state index contributed by atoms with van der Waals surface area (Å²) in [5, 5.41) is 22.3. The molecule has 0 spiro atoms. The van der Waals surface area contributed by atoms with E-state index in [1.54, 1.807) is 24.3 Å². The van der Waals surface area contributed by atoms with E-state index in [4.69, 9.17) is 0 Å². The lowest BCUT2D eigenvalue weighted by Crippen LogP contribution is -2.29. The van der Waals surface area contributed by atoms with Gasteiger partial charge >= 0.3 is 0 Å². The van der Waals surface area contributed by atoms with Gasteiger partial charge in [0.15, 0.2) is 0 Å². The number of aryl methyl sites for hydroxylation is 1. The van der Waals surface area contributed by atoms with Crippen molar-refractivity contribution in [1.82, 2.24) is 0 Å². The first-order chi connectivity index (χ1) is 15.3. The molecule has 1 heterocycles. The highest BCUT2D eigenvalue weighted by Crippen LogP contribution is 2.42. The van der Waals surface area contributed by atoms with Gasteiger partial charge in [-0.25, -0.2) is 4.39 Å². The molecular formula is C24H17FN2O5. The molecular weight excluding hydrogens is 415 g/mol. The molecule has 32 heavy (non-hydrogen) atoms. The van der Waals surface area contributed by atoms with Crippen molar-refractivity contribution in [2.75, 3.05) is 4.90 Å². The van der Waals surface area contributed by atoms with Crippen LogP contribution in [0, 0.1) is 22.9 Å². The summed E-state index contributed by atoms with van der Waals surface area (Å²) in [7, 11) is 0. The Bertz CT molecular complexity index is 1270. The molecule has 8 heteroatoms. The maximum atomic E-state index is 13.5. The van der Waals surface area contributed by atoms with Crippen LogP contribution in [0.4, 0.5) is 15.8 Å². The van der Waals surface area contributed by atoms with Gasteiger partial charge in [-0.15, -0.1) is 0 Å². The second-order valence-corrected chi connectivity index (χ2v) is 7.36. The Balaban J connectivity index is 1.96. The van der Waals surface area contributed by atoms with E-state index in [9.17, 15) is 29.2 Å². The van der Waals surface area contributed by atoms with Crippen molar-refractivity contribution in [1.29, 1.82) is 0 Å². The molecule has 1 aliphatic rings. The number of Topliss-reactive ketones (excluding diaryl/α,β-unsaturated/α-hetero) is 1. The number of anilines is 1. The molecule has 0 bridgehead atoms. The van der Waals surface area contributed by atoms with E-state index in [1.807, 2.05) is 6.92 Å². The summed E-state index contributed by atoms with van der Waals surface area (Å²) in [6.45, 7) is 1.86. The molecule has 0 radical (unpaired) electrons. The summed E-state index contributed by atoms with van der Waals surface area (Å²) in [5.41, 5.74) is 1.29. The zero-order chi connectivity index (χ0) is 23.0. The number of aliphatic hydroxyl groups is 1. The number of amides is 1. The number of benzene rings is 3. The smallest absolute Gasteiger partial charge is 0.300 e. The Kier molecular flexibility index (Phi) is 5.28. The third kappa shape index (κ3) is 3.62. The van der Waals surface area contributed by atoms with E-state index in [1.165, 1.54) is 36.4 Å². The molecule has 1 N–H and O–H groups in total. The molecule has 0 aliphatic carbocycles. The van der Waals surface area contributed by atoms with Crippen molar-refractivity contribution in [2.24, 2.45) is 0 Å². The standard InChI is InChI=1S/C24H17FN2O5/c1-14-5-7-15(8-6-14)22(28)20-21(16-3-2-4-19(13-16)27(31)32)26(24(30)23(20)29)18-11-9-17(25)10-12-18/h2-13,21,28H,1H3. The predicted octanol–water partition coefficient (Wildman–Crippen LogP) is 4.67. The van der Waals surface area contributed by atoms with Crippen LogP contribution in [0.1, 0.15) is 22.7 Å². The highest BCUT2D eigenvalue weighted by Gasteiger charge is 2.47. The first-order valence-corrected chi connectivity index (χ1v) is 9.66. The zero-order valence-corrected chi connectivity index (χ0v) is 16.9. The third-order valence-corrected chi connectivity index (χ3v) is 5.27. The monoisotopic (exact) mass is 432 g/mol. The van der Waals surface area contributed by atoms with E-state index in [2.05, 4.69) is 0 Å². The number of nitro groups is 1. The summed E-state index contributed by atoms with van der Waals surface area (Å²) in [4.78, 5) is 37.9. The maximum absolute atomic E-state index is 13.5. The van der Waals surface area contributed by atoms with Gasteiger partial charge in [-0.3, -0.25) is 24.6 Å².